The highest BCUT2D eigenvalue weighted by Crippen LogP contribution is 2.37. The van der Waals surface area contributed by atoms with Gasteiger partial charge in [-0.3, -0.25) is 4.79 Å². The number of benzene rings is 2. The lowest BCUT2D eigenvalue weighted by atomic mass is 10.2. The van der Waals surface area contributed by atoms with E-state index in [-0.39, 0.29) is 5.91 Å². The van der Waals surface area contributed by atoms with Gasteiger partial charge in [0.2, 0.25) is 5.91 Å². The number of anilines is 2. The van der Waals surface area contributed by atoms with E-state index >= 15 is 0 Å². The molecule has 0 fully saturated rings. The molecule has 1 unspecified atom stereocenters. The standard InChI is InChI=1S/C18H20N2OS2/c1-13-11-20(16-8-3-4-9-17(16)23-13)12-18(21)19-14-6-5-7-15(10-14)22-2/h3-10,13H,11-12H2,1-2H3,(H,19,21). The van der Waals surface area contributed by atoms with Gasteiger partial charge in [0.25, 0.3) is 0 Å². The van der Waals surface area contributed by atoms with E-state index in [1.165, 1.54) is 4.90 Å². The van der Waals surface area contributed by atoms with Crippen molar-refractivity contribution in [2.45, 2.75) is 22.0 Å². The largest absolute Gasteiger partial charge is 0.360 e. The van der Waals surface area contributed by atoms with Gasteiger partial charge in [-0.1, -0.05) is 25.1 Å². The van der Waals surface area contributed by atoms with Gasteiger partial charge in [-0.05, 0) is 36.6 Å². The molecule has 0 aromatic heterocycles. The minimum absolute atomic E-state index is 0.0251. The van der Waals surface area contributed by atoms with E-state index in [4.69, 9.17) is 0 Å². The number of nitrogens with zero attached hydrogens (tertiary/aromatic N) is 1. The van der Waals surface area contributed by atoms with Crippen LogP contribution in [0.25, 0.3) is 0 Å². The van der Waals surface area contributed by atoms with E-state index in [0.717, 1.165) is 22.8 Å². The lowest BCUT2D eigenvalue weighted by molar-refractivity contribution is -0.115. The van der Waals surface area contributed by atoms with E-state index < -0.39 is 0 Å². The smallest absolute Gasteiger partial charge is 0.243 e. The third kappa shape index (κ3) is 4.03. The Morgan fingerprint density at radius 3 is 2.96 bits per heavy atom. The molecule has 1 heterocycles. The summed E-state index contributed by atoms with van der Waals surface area (Å²) in [4.78, 5) is 17.0. The second-order valence-electron chi connectivity index (χ2n) is 5.56. The summed E-state index contributed by atoms with van der Waals surface area (Å²) in [5, 5.41) is 3.49. The maximum absolute atomic E-state index is 12.4. The SMILES string of the molecule is CSc1cccc(NC(=O)CN2CC(C)Sc3ccccc32)c1. The van der Waals surface area contributed by atoms with Crippen molar-refractivity contribution in [3.63, 3.8) is 0 Å². The topological polar surface area (TPSA) is 32.3 Å². The molecule has 1 aliphatic rings. The van der Waals surface area contributed by atoms with E-state index in [9.17, 15) is 4.79 Å². The van der Waals surface area contributed by atoms with Gasteiger partial charge in [0.15, 0.2) is 0 Å². The first-order valence-corrected chi connectivity index (χ1v) is 9.70. The fraction of sp³-hybridized carbons (Fsp3) is 0.278. The number of fused-ring (bicyclic) bond motifs is 1. The molecule has 0 radical (unpaired) electrons. The summed E-state index contributed by atoms with van der Waals surface area (Å²) in [5.41, 5.74) is 2.01. The second kappa shape index (κ2) is 7.32. The van der Waals surface area contributed by atoms with Gasteiger partial charge in [-0.25, -0.2) is 0 Å². The first kappa shape index (κ1) is 16.3. The van der Waals surface area contributed by atoms with Crippen LogP contribution in [-0.2, 0) is 4.79 Å². The van der Waals surface area contributed by atoms with Crippen LogP contribution in [0.4, 0.5) is 11.4 Å². The minimum atomic E-state index is 0.0251. The molecule has 1 amide bonds. The van der Waals surface area contributed by atoms with Crippen LogP contribution in [-0.4, -0.2) is 30.5 Å². The Balaban J connectivity index is 1.70. The molecule has 0 aliphatic carbocycles. The van der Waals surface area contributed by atoms with Crippen molar-refractivity contribution in [3.05, 3.63) is 48.5 Å². The molecule has 1 N–H and O–H groups in total. The summed E-state index contributed by atoms with van der Waals surface area (Å²) < 4.78 is 0. The molecule has 0 spiro atoms. The van der Waals surface area contributed by atoms with Crippen molar-refractivity contribution < 1.29 is 4.79 Å². The Kier molecular flexibility index (Phi) is 5.18. The summed E-state index contributed by atoms with van der Waals surface area (Å²) in [5.74, 6) is 0.0251. The Bertz CT molecular complexity index is 705. The molecule has 120 valence electrons. The van der Waals surface area contributed by atoms with Gasteiger partial charge >= 0.3 is 0 Å². The van der Waals surface area contributed by atoms with Gasteiger partial charge in [0, 0.05) is 27.3 Å². The Hall–Kier alpha value is -1.59. The molecule has 1 aliphatic heterocycles. The summed E-state index contributed by atoms with van der Waals surface area (Å²) in [6.07, 6.45) is 2.03. The third-order valence-electron chi connectivity index (χ3n) is 3.70. The summed E-state index contributed by atoms with van der Waals surface area (Å²) in [6, 6.07) is 16.2. The fourth-order valence-corrected chi connectivity index (χ4v) is 4.33. The van der Waals surface area contributed by atoms with Crippen LogP contribution in [0.15, 0.2) is 58.3 Å². The van der Waals surface area contributed by atoms with Gasteiger partial charge in [0.1, 0.15) is 0 Å². The second-order valence-corrected chi connectivity index (χ2v) is 7.92. The average Bonchev–Trinajstić information content (AvgIpc) is 2.54. The number of nitrogens with one attached hydrogen (secondary N) is 1. The number of carbonyl (C=O) groups is 1. The highest BCUT2D eigenvalue weighted by Gasteiger charge is 2.23. The van der Waals surface area contributed by atoms with Crippen LogP contribution in [0.5, 0.6) is 0 Å². The number of para-hydroxylation sites is 1. The van der Waals surface area contributed by atoms with Gasteiger partial charge in [-0.2, -0.15) is 0 Å². The van der Waals surface area contributed by atoms with E-state index in [1.807, 2.05) is 48.3 Å². The predicted molar refractivity (Wildman–Crippen MR) is 101 cm³/mol. The van der Waals surface area contributed by atoms with Crippen LogP contribution >= 0.6 is 23.5 Å². The van der Waals surface area contributed by atoms with E-state index in [1.54, 1.807) is 11.8 Å². The Morgan fingerprint density at radius 2 is 2.13 bits per heavy atom. The number of hydrogen-bond donors (Lipinski definition) is 1. The van der Waals surface area contributed by atoms with Crippen LogP contribution in [0.1, 0.15) is 6.92 Å². The molecular weight excluding hydrogens is 324 g/mol. The average molecular weight is 345 g/mol. The normalized spacial score (nSPS) is 16.8. The molecule has 2 aromatic rings. The van der Waals surface area contributed by atoms with Crippen LogP contribution < -0.4 is 10.2 Å². The molecule has 3 nitrogen and oxygen atoms in total. The molecule has 0 saturated carbocycles. The van der Waals surface area contributed by atoms with Crippen LogP contribution in [0.3, 0.4) is 0 Å². The monoisotopic (exact) mass is 344 g/mol. The van der Waals surface area contributed by atoms with Crippen molar-refractivity contribution in [2.24, 2.45) is 0 Å². The van der Waals surface area contributed by atoms with Crippen molar-refractivity contribution in [2.75, 3.05) is 29.6 Å². The number of amides is 1. The first-order valence-electron chi connectivity index (χ1n) is 7.60. The van der Waals surface area contributed by atoms with E-state index in [0.29, 0.717) is 11.8 Å². The number of thioether (sulfide) groups is 2. The summed E-state index contributed by atoms with van der Waals surface area (Å²) in [6.45, 7) is 3.47. The quantitative estimate of drug-likeness (QED) is 0.836. The lowest BCUT2D eigenvalue weighted by Crippen LogP contribution is -2.39. The molecule has 0 saturated heterocycles. The zero-order chi connectivity index (χ0) is 16.2. The predicted octanol–water partition coefficient (Wildman–Crippen LogP) is 4.35. The molecule has 5 heteroatoms. The molecule has 0 bridgehead atoms. The minimum Gasteiger partial charge on any atom is -0.360 e. The Morgan fingerprint density at radius 1 is 1.30 bits per heavy atom. The van der Waals surface area contributed by atoms with Gasteiger partial charge in [-0.15, -0.1) is 23.5 Å². The Labute approximate surface area is 145 Å². The maximum atomic E-state index is 12.4. The van der Waals surface area contributed by atoms with Crippen LogP contribution in [0.2, 0.25) is 0 Å². The van der Waals surface area contributed by atoms with Gasteiger partial charge in [0.05, 0.1) is 12.2 Å². The first-order chi connectivity index (χ1) is 11.2. The molecular formula is C18H20N2OS2. The highest BCUT2D eigenvalue weighted by atomic mass is 32.2. The third-order valence-corrected chi connectivity index (χ3v) is 5.58. The molecule has 3 rings (SSSR count). The fourth-order valence-electron chi connectivity index (χ4n) is 2.71. The van der Waals surface area contributed by atoms with Crippen molar-refractivity contribution in [3.8, 4) is 0 Å². The highest BCUT2D eigenvalue weighted by molar-refractivity contribution is 8.00. The molecule has 2 aromatic carbocycles. The van der Waals surface area contributed by atoms with Crippen molar-refractivity contribution in [1.82, 2.24) is 0 Å². The molecule has 1 atom stereocenters. The maximum Gasteiger partial charge on any atom is 0.243 e. The number of hydrogen-bond acceptors (Lipinski definition) is 4. The number of rotatable bonds is 4. The molecule has 23 heavy (non-hydrogen) atoms. The number of carbonyl (C=O) groups excluding carboxylic acids is 1. The van der Waals surface area contributed by atoms with Gasteiger partial charge < -0.3 is 10.2 Å². The summed E-state index contributed by atoms with van der Waals surface area (Å²) in [7, 11) is 0. The van der Waals surface area contributed by atoms with Crippen LogP contribution in [0, 0.1) is 0 Å². The van der Waals surface area contributed by atoms with E-state index in [2.05, 4.69) is 35.3 Å². The zero-order valence-electron chi connectivity index (χ0n) is 13.3. The summed E-state index contributed by atoms with van der Waals surface area (Å²) >= 11 is 3.55. The lowest BCUT2D eigenvalue weighted by Gasteiger charge is -2.33. The van der Waals surface area contributed by atoms with Crippen molar-refractivity contribution in [1.29, 1.82) is 0 Å². The zero-order valence-corrected chi connectivity index (χ0v) is 14.9. The van der Waals surface area contributed by atoms with Crippen molar-refractivity contribution >= 4 is 40.8 Å².